The summed E-state index contributed by atoms with van der Waals surface area (Å²) in [6.07, 6.45) is 0. The smallest absolute Gasteiger partial charge is 0.537 e. The molecule has 1 heterocycles. The molecule has 3 aromatic carbocycles. The normalized spacial score (nSPS) is 18.6. The van der Waals surface area contributed by atoms with Crippen molar-refractivity contribution < 1.29 is 26.1 Å². The van der Waals surface area contributed by atoms with Crippen molar-refractivity contribution in [1.82, 2.24) is 4.57 Å². The number of benzene rings is 3. The predicted octanol–water partition coefficient (Wildman–Crippen LogP) is 3.69. The first-order valence-corrected chi connectivity index (χ1v) is 6.12. The van der Waals surface area contributed by atoms with Crippen molar-refractivity contribution >= 4 is 29.5 Å². The minimum atomic E-state index is -0.721. The maximum Gasteiger partial charge on any atom is 0.569 e. The molecular weight excluding hydrogens is 273 g/mol. The van der Waals surface area contributed by atoms with Gasteiger partial charge in [-0.25, -0.2) is 0 Å². The Hall–Kier alpha value is -2.72. The number of rotatable bonds is 3. The third-order valence-corrected chi connectivity index (χ3v) is 3.02. The molecule has 0 saturated heterocycles. The highest BCUT2D eigenvalue weighted by atomic mass is 16.5. The van der Waals surface area contributed by atoms with Gasteiger partial charge in [-0.3, -0.25) is 0 Å². The summed E-state index contributed by atoms with van der Waals surface area (Å²) in [5, 5.41) is 8.55. The zero-order valence-corrected chi connectivity index (χ0v) is 10.9. The van der Waals surface area contributed by atoms with Gasteiger partial charge >= 0.3 is 7.69 Å². The molecule has 22 heavy (non-hydrogen) atoms. The largest absolute Gasteiger partial charge is 0.569 e. The Bertz CT molecular complexity index is 1520. The van der Waals surface area contributed by atoms with Crippen LogP contribution in [0.4, 0.5) is 0 Å². The standard InChI is InChI=1S/C18H13BNO2/c21-19-22-14-10-11-16-15-8-4-5-9-17(15)20(18(16)12-14)13-6-2-1-3-7-13/h1-12,21H/i1D,2D,3D,4D,5D,6D,7D,8D,9D,10D,11D,12D. The van der Waals surface area contributed by atoms with Gasteiger partial charge < -0.3 is 14.2 Å². The van der Waals surface area contributed by atoms with Gasteiger partial charge in [-0.15, -0.1) is 0 Å². The number of nitrogens with zero attached hydrogens (tertiary/aromatic N) is 1. The van der Waals surface area contributed by atoms with E-state index in [1.807, 2.05) is 0 Å². The number of aromatic nitrogens is 1. The average molecular weight is 298 g/mol. The third-order valence-electron chi connectivity index (χ3n) is 3.02. The van der Waals surface area contributed by atoms with Gasteiger partial charge in [-0.1, -0.05) is 36.3 Å². The van der Waals surface area contributed by atoms with Crippen LogP contribution in [-0.4, -0.2) is 17.3 Å². The van der Waals surface area contributed by atoms with E-state index < -0.39 is 83.9 Å². The Labute approximate surface area is 145 Å². The summed E-state index contributed by atoms with van der Waals surface area (Å²) < 4.78 is 105. The number of fused-ring (bicyclic) bond motifs is 3. The minimum Gasteiger partial charge on any atom is -0.537 e. The molecule has 4 aromatic rings. The molecule has 105 valence electrons. The molecule has 0 fully saturated rings. The summed E-state index contributed by atoms with van der Waals surface area (Å²) in [5.41, 5.74) is -1.20. The van der Waals surface area contributed by atoms with Gasteiger partial charge in [0.25, 0.3) is 0 Å². The van der Waals surface area contributed by atoms with Crippen LogP contribution in [0, 0.1) is 0 Å². The van der Waals surface area contributed by atoms with Gasteiger partial charge in [0.2, 0.25) is 0 Å². The van der Waals surface area contributed by atoms with Gasteiger partial charge in [-0.05, 0) is 30.2 Å². The first kappa shape index (κ1) is 5.49. The molecule has 0 unspecified atom stereocenters. The van der Waals surface area contributed by atoms with Crippen LogP contribution >= 0.6 is 0 Å². The average Bonchev–Trinajstić information content (AvgIpc) is 3.16. The fraction of sp³-hybridized carbons (Fsp3) is 0. The first-order valence-electron chi connectivity index (χ1n) is 12.1. The van der Waals surface area contributed by atoms with Crippen molar-refractivity contribution in [2.45, 2.75) is 0 Å². The topological polar surface area (TPSA) is 34.4 Å². The highest BCUT2D eigenvalue weighted by molar-refractivity contribution is 6.17. The molecule has 4 rings (SSSR count). The number of hydrogen-bond acceptors (Lipinski definition) is 2. The fourth-order valence-corrected chi connectivity index (χ4v) is 2.19. The van der Waals surface area contributed by atoms with E-state index in [0.717, 1.165) is 4.57 Å². The van der Waals surface area contributed by atoms with E-state index in [-0.39, 0.29) is 29.5 Å². The lowest BCUT2D eigenvalue weighted by Crippen LogP contribution is -2.00. The Morgan fingerprint density at radius 2 is 1.59 bits per heavy atom. The Kier molecular flexibility index (Phi) is 1.31. The molecule has 1 N–H and O–H groups in total. The quantitative estimate of drug-likeness (QED) is 0.585. The van der Waals surface area contributed by atoms with Crippen molar-refractivity contribution in [1.29, 1.82) is 0 Å². The van der Waals surface area contributed by atoms with Gasteiger partial charge in [0.05, 0.1) is 27.5 Å². The maximum atomic E-state index is 9.09. The van der Waals surface area contributed by atoms with Crippen molar-refractivity contribution in [2.75, 3.05) is 0 Å². The Morgan fingerprint density at radius 1 is 0.864 bits per heavy atom. The Morgan fingerprint density at radius 3 is 2.41 bits per heavy atom. The van der Waals surface area contributed by atoms with E-state index in [4.69, 9.17) is 26.1 Å². The lowest BCUT2D eigenvalue weighted by atomic mass is 10.1. The number of para-hydroxylation sites is 2. The van der Waals surface area contributed by atoms with Gasteiger partial charge in [0.15, 0.2) is 0 Å². The molecule has 0 saturated carbocycles. The molecule has 1 radical (unpaired) electrons. The van der Waals surface area contributed by atoms with Gasteiger partial charge in [0, 0.05) is 22.5 Å². The lowest BCUT2D eigenvalue weighted by Gasteiger charge is -2.08. The van der Waals surface area contributed by atoms with Gasteiger partial charge in [0.1, 0.15) is 5.75 Å². The summed E-state index contributed by atoms with van der Waals surface area (Å²) in [6.45, 7) is 0. The molecule has 0 amide bonds. The summed E-state index contributed by atoms with van der Waals surface area (Å²) in [7, 11) is 0.184. The molecule has 4 heteroatoms. The SMILES string of the molecule is [2H]c1c([2H])c([2H])c(-n2c3c([2H])c([2H])c([2H])c([2H])c3c3c([2H])c([2H])c(O[B]O)c([2H])c32)c([2H])c1[2H]. The summed E-state index contributed by atoms with van der Waals surface area (Å²) in [4.78, 5) is 0. The first-order chi connectivity index (χ1) is 15.9. The summed E-state index contributed by atoms with van der Waals surface area (Å²) in [6, 6.07) is -8.03. The van der Waals surface area contributed by atoms with E-state index in [1.54, 1.807) is 0 Å². The van der Waals surface area contributed by atoms with Crippen LogP contribution < -0.4 is 4.65 Å². The van der Waals surface area contributed by atoms with E-state index in [1.165, 1.54) is 0 Å². The maximum absolute atomic E-state index is 9.09. The highest BCUT2D eigenvalue weighted by Gasteiger charge is 2.12. The van der Waals surface area contributed by atoms with Crippen LogP contribution in [0.2, 0.25) is 0 Å². The van der Waals surface area contributed by atoms with E-state index in [0.29, 0.717) is 0 Å². The zero-order chi connectivity index (χ0) is 25.4. The molecular formula is C18H13BNO2. The molecule has 0 atom stereocenters. The van der Waals surface area contributed by atoms with Crippen LogP contribution in [-0.2, 0) is 0 Å². The minimum absolute atomic E-state index is 0.184. The van der Waals surface area contributed by atoms with Crippen LogP contribution in [0.15, 0.2) is 72.5 Å². The van der Waals surface area contributed by atoms with Crippen LogP contribution in [0.3, 0.4) is 0 Å². The van der Waals surface area contributed by atoms with Crippen LogP contribution in [0.5, 0.6) is 5.75 Å². The van der Waals surface area contributed by atoms with Crippen molar-refractivity contribution in [3.63, 3.8) is 0 Å². The van der Waals surface area contributed by atoms with E-state index in [2.05, 4.69) is 0 Å². The molecule has 0 bridgehead atoms. The molecule has 1 aromatic heterocycles. The second kappa shape index (κ2) is 5.24. The molecule has 3 nitrogen and oxygen atoms in total. The van der Waals surface area contributed by atoms with Crippen LogP contribution in [0.1, 0.15) is 16.4 Å². The fourth-order valence-electron chi connectivity index (χ4n) is 2.19. The van der Waals surface area contributed by atoms with Crippen molar-refractivity contribution in [3.8, 4) is 11.4 Å². The predicted molar refractivity (Wildman–Crippen MR) is 89.4 cm³/mol. The van der Waals surface area contributed by atoms with E-state index >= 15 is 0 Å². The highest BCUT2D eigenvalue weighted by Crippen LogP contribution is 2.33. The second-order valence-electron chi connectivity index (χ2n) is 4.18. The lowest BCUT2D eigenvalue weighted by molar-refractivity contribution is 0.454. The van der Waals surface area contributed by atoms with Crippen LogP contribution in [0.25, 0.3) is 27.5 Å². The summed E-state index contributed by atoms with van der Waals surface area (Å²) in [5.74, 6) is -0.591. The van der Waals surface area contributed by atoms with Gasteiger partial charge in [-0.2, -0.15) is 0 Å². The monoisotopic (exact) mass is 298 g/mol. The molecule has 0 spiro atoms. The Balaban J connectivity index is 2.47. The molecule has 0 aliphatic heterocycles. The second-order valence-corrected chi connectivity index (χ2v) is 4.18. The summed E-state index contributed by atoms with van der Waals surface area (Å²) >= 11 is 0. The number of hydrogen-bond donors (Lipinski definition) is 1. The van der Waals surface area contributed by atoms with Crippen molar-refractivity contribution in [2.24, 2.45) is 0 Å². The van der Waals surface area contributed by atoms with Crippen molar-refractivity contribution in [3.05, 3.63) is 72.5 Å². The molecule has 0 aliphatic carbocycles. The van der Waals surface area contributed by atoms with E-state index in [9.17, 15) is 0 Å². The zero-order valence-electron chi connectivity index (χ0n) is 22.9. The molecule has 0 aliphatic rings. The third kappa shape index (κ3) is 1.97.